The highest BCUT2D eigenvalue weighted by Crippen LogP contribution is 2.15. The minimum atomic E-state index is -0.954. The number of carboxylic acid groups (broad SMARTS) is 1. The van der Waals surface area contributed by atoms with Crippen LogP contribution in [0.25, 0.3) is 17.1 Å². The van der Waals surface area contributed by atoms with Crippen molar-refractivity contribution in [2.75, 3.05) is 6.61 Å². The van der Waals surface area contributed by atoms with Gasteiger partial charge in [-0.25, -0.2) is 9.78 Å². The Morgan fingerprint density at radius 3 is 2.68 bits per heavy atom. The SMILES string of the molecule is O=C(O)C=Cc1ccc(OCCCCc2nc3ccccc3[nH]2)cc1. The zero-order chi connectivity index (χ0) is 17.5. The second-order valence-electron chi connectivity index (χ2n) is 5.75. The maximum atomic E-state index is 10.5. The largest absolute Gasteiger partial charge is 0.494 e. The van der Waals surface area contributed by atoms with Gasteiger partial charge in [0.2, 0.25) is 0 Å². The van der Waals surface area contributed by atoms with Gasteiger partial charge in [-0.1, -0.05) is 24.3 Å². The molecular formula is C20H20N2O3. The van der Waals surface area contributed by atoms with Crippen molar-refractivity contribution in [2.45, 2.75) is 19.3 Å². The molecule has 0 aliphatic rings. The number of aromatic nitrogens is 2. The zero-order valence-corrected chi connectivity index (χ0v) is 13.8. The van der Waals surface area contributed by atoms with Gasteiger partial charge in [-0.15, -0.1) is 0 Å². The van der Waals surface area contributed by atoms with Crippen LogP contribution in [-0.2, 0) is 11.2 Å². The molecule has 0 bridgehead atoms. The van der Waals surface area contributed by atoms with Crippen molar-refractivity contribution in [3.8, 4) is 5.75 Å². The number of carbonyl (C=O) groups is 1. The maximum Gasteiger partial charge on any atom is 0.328 e. The summed E-state index contributed by atoms with van der Waals surface area (Å²) in [6, 6.07) is 15.4. The molecule has 0 saturated carbocycles. The fraction of sp³-hybridized carbons (Fsp3) is 0.200. The molecule has 5 nitrogen and oxygen atoms in total. The number of aliphatic carboxylic acids is 1. The molecule has 3 aromatic rings. The van der Waals surface area contributed by atoms with Crippen molar-refractivity contribution in [3.63, 3.8) is 0 Å². The van der Waals surface area contributed by atoms with E-state index >= 15 is 0 Å². The van der Waals surface area contributed by atoms with E-state index in [0.29, 0.717) is 6.61 Å². The van der Waals surface area contributed by atoms with Crippen molar-refractivity contribution in [1.82, 2.24) is 9.97 Å². The minimum Gasteiger partial charge on any atom is -0.494 e. The smallest absolute Gasteiger partial charge is 0.328 e. The highest BCUT2D eigenvalue weighted by molar-refractivity contribution is 5.85. The molecule has 5 heteroatoms. The fourth-order valence-corrected chi connectivity index (χ4v) is 2.55. The molecule has 128 valence electrons. The number of rotatable bonds is 8. The number of ether oxygens (including phenoxy) is 1. The molecule has 1 heterocycles. The van der Waals surface area contributed by atoms with Crippen molar-refractivity contribution >= 4 is 23.1 Å². The van der Waals surface area contributed by atoms with Gasteiger partial charge in [-0.2, -0.15) is 0 Å². The van der Waals surface area contributed by atoms with Gasteiger partial charge in [0.1, 0.15) is 11.6 Å². The van der Waals surface area contributed by atoms with Gasteiger partial charge in [0.25, 0.3) is 0 Å². The molecule has 2 aromatic carbocycles. The van der Waals surface area contributed by atoms with E-state index in [-0.39, 0.29) is 0 Å². The van der Waals surface area contributed by atoms with E-state index in [2.05, 4.69) is 9.97 Å². The van der Waals surface area contributed by atoms with Crippen LogP contribution in [0, 0.1) is 0 Å². The summed E-state index contributed by atoms with van der Waals surface area (Å²) < 4.78 is 5.71. The molecule has 0 saturated heterocycles. The summed E-state index contributed by atoms with van der Waals surface area (Å²) in [6.07, 6.45) is 5.52. The first-order valence-corrected chi connectivity index (χ1v) is 8.28. The third kappa shape index (κ3) is 4.94. The van der Waals surface area contributed by atoms with Gasteiger partial charge in [0, 0.05) is 12.5 Å². The summed E-state index contributed by atoms with van der Waals surface area (Å²) in [5, 5.41) is 8.60. The standard InChI is InChI=1S/C20H20N2O3/c23-20(24)13-10-15-8-11-16(12-9-15)25-14-4-3-7-19-21-17-5-1-2-6-18(17)22-19/h1-2,5-6,8-13H,3-4,7,14H2,(H,21,22)(H,23,24). The highest BCUT2D eigenvalue weighted by Gasteiger charge is 2.02. The number of hydrogen-bond donors (Lipinski definition) is 2. The van der Waals surface area contributed by atoms with Crippen LogP contribution in [0.15, 0.2) is 54.6 Å². The van der Waals surface area contributed by atoms with Crippen molar-refractivity contribution in [2.24, 2.45) is 0 Å². The number of nitrogens with zero attached hydrogens (tertiary/aromatic N) is 1. The van der Waals surface area contributed by atoms with Gasteiger partial charge >= 0.3 is 5.97 Å². The van der Waals surface area contributed by atoms with Crippen LogP contribution >= 0.6 is 0 Å². The van der Waals surface area contributed by atoms with E-state index in [9.17, 15) is 4.79 Å². The molecule has 2 N–H and O–H groups in total. The van der Waals surface area contributed by atoms with Gasteiger partial charge in [0.05, 0.1) is 17.6 Å². The number of fused-ring (bicyclic) bond motifs is 1. The van der Waals surface area contributed by atoms with E-state index in [1.54, 1.807) is 6.08 Å². The second kappa shape index (κ2) is 8.15. The molecule has 0 amide bonds. The quantitative estimate of drug-likeness (QED) is 0.480. The predicted molar refractivity (Wildman–Crippen MR) is 97.6 cm³/mol. The Bertz CT molecular complexity index is 833. The molecule has 1 aromatic heterocycles. The number of para-hydroxylation sites is 2. The second-order valence-corrected chi connectivity index (χ2v) is 5.75. The van der Waals surface area contributed by atoms with Crippen LogP contribution in [-0.4, -0.2) is 27.7 Å². The van der Waals surface area contributed by atoms with E-state index < -0.39 is 5.97 Å². The van der Waals surface area contributed by atoms with E-state index in [1.807, 2.05) is 48.5 Å². The molecule has 0 radical (unpaired) electrons. The number of carboxylic acids is 1. The fourth-order valence-electron chi connectivity index (χ4n) is 2.55. The molecule has 0 fully saturated rings. The molecule has 3 rings (SSSR count). The lowest BCUT2D eigenvalue weighted by molar-refractivity contribution is -0.131. The lowest BCUT2D eigenvalue weighted by Crippen LogP contribution is -1.99. The van der Waals surface area contributed by atoms with Crippen molar-refractivity contribution in [3.05, 3.63) is 66.0 Å². The Hall–Kier alpha value is -3.08. The lowest BCUT2D eigenvalue weighted by Gasteiger charge is -2.06. The zero-order valence-electron chi connectivity index (χ0n) is 13.8. The van der Waals surface area contributed by atoms with Crippen LogP contribution in [0.5, 0.6) is 5.75 Å². The Balaban J connectivity index is 1.40. The van der Waals surface area contributed by atoms with Crippen molar-refractivity contribution < 1.29 is 14.6 Å². The number of aryl methyl sites for hydroxylation is 1. The number of hydrogen-bond acceptors (Lipinski definition) is 3. The normalized spacial score (nSPS) is 11.2. The van der Waals surface area contributed by atoms with Crippen LogP contribution in [0.3, 0.4) is 0 Å². The van der Waals surface area contributed by atoms with Crippen LogP contribution < -0.4 is 4.74 Å². The predicted octanol–water partition coefficient (Wildman–Crippen LogP) is 4.06. The first-order valence-electron chi connectivity index (χ1n) is 8.28. The summed E-state index contributed by atoms with van der Waals surface area (Å²) in [6.45, 7) is 0.643. The van der Waals surface area contributed by atoms with Crippen LogP contribution in [0.1, 0.15) is 24.2 Å². The van der Waals surface area contributed by atoms with E-state index in [4.69, 9.17) is 9.84 Å². The van der Waals surface area contributed by atoms with E-state index in [0.717, 1.165) is 53.5 Å². The van der Waals surface area contributed by atoms with Gasteiger partial charge in [0.15, 0.2) is 0 Å². The Morgan fingerprint density at radius 1 is 1.12 bits per heavy atom. The maximum absolute atomic E-state index is 10.5. The van der Waals surface area contributed by atoms with Gasteiger partial charge < -0.3 is 14.8 Å². The molecule has 0 aliphatic heterocycles. The Labute approximate surface area is 146 Å². The number of benzene rings is 2. The van der Waals surface area contributed by atoms with Crippen molar-refractivity contribution in [1.29, 1.82) is 0 Å². The van der Waals surface area contributed by atoms with E-state index in [1.165, 1.54) is 0 Å². The lowest BCUT2D eigenvalue weighted by atomic mass is 10.2. The Morgan fingerprint density at radius 2 is 1.92 bits per heavy atom. The summed E-state index contributed by atoms with van der Waals surface area (Å²) in [4.78, 5) is 18.4. The first kappa shape index (κ1) is 16.8. The summed E-state index contributed by atoms with van der Waals surface area (Å²) in [7, 11) is 0. The number of aromatic amines is 1. The number of H-pyrrole nitrogens is 1. The average molecular weight is 336 g/mol. The highest BCUT2D eigenvalue weighted by atomic mass is 16.5. The molecule has 0 unspecified atom stereocenters. The van der Waals surface area contributed by atoms with Gasteiger partial charge in [-0.3, -0.25) is 0 Å². The molecule has 0 atom stereocenters. The Kier molecular flexibility index (Phi) is 5.46. The minimum absolute atomic E-state index is 0.643. The molecular weight excluding hydrogens is 316 g/mol. The number of nitrogens with one attached hydrogen (secondary N) is 1. The summed E-state index contributed by atoms with van der Waals surface area (Å²) >= 11 is 0. The molecule has 0 spiro atoms. The third-order valence-corrected chi connectivity index (χ3v) is 3.81. The average Bonchev–Trinajstić information content (AvgIpc) is 3.03. The van der Waals surface area contributed by atoms with Gasteiger partial charge in [-0.05, 0) is 48.7 Å². The number of imidazole rings is 1. The van der Waals surface area contributed by atoms with Crippen LogP contribution in [0.2, 0.25) is 0 Å². The number of unbranched alkanes of at least 4 members (excludes halogenated alkanes) is 1. The van der Waals surface area contributed by atoms with Crippen LogP contribution in [0.4, 0.5) is 0 Å². The molecule has 25 heavy (non-hydrogen) atoms. The third-order valence-electron chi connectivity index (χ3n) is 3.81. The topological polar surface area (TPSA) is 75.2 Å². The summed E-state index contributed by atoms with van der Waals surface area (Å²) in [5.74, 6) is 0.844. The first-order chi connectivity index (χ1) is 12.2. The monoisotopic (exact) mass is 336 g/mol. The summed E-state index contributed by atoms with van der Waals surface area (Å²) in [5.41, 5.74) is 2.91. The molecule has 0 aliphatic carbocycles.